The Kier molecular flexibility index (Phi) is 4.41. The lowest BCUT2D eigenvalue weighted by Gasteiger charge is -2.24. The number of nitrogens with two attached hydrogens (primary N) is 1. The molecule has 2 N–H and O–H groups in total. The molecule has 0 atom stereocenters. The van der Waals surface area contributed by atoms with Crippen LogP contribution in [0.1, 0.15) is 12.1 Å². The summed E-state index contributed by atoms with van der Waals surface area (Å²) < 4.78 is 0. The lowest BCUT2D eigenvalue weighted by molar-refractivity contribution is 0.920. The molecule has 1 heterocycles. The highest BCUT2D eigenvalue weighted by atomic mass is 32.1. The second-order valence-electron chi connectivity index (χ2n) is 4.17. The first-order chi connectivity index (χ1) is 9.18. The zero-order chi connectivity index (χ0) is 13.7. The number of para-hydroxylation sites is 1. The van der Waals surface area contributed by atoms with Gasteiger partial charge in [-0.3, -0.25) is 4.98 Å². The van der Waals surface area contributed by atoms with Crippen molar-refractivity contribution < 1.29 is 0 Å². The molecule has 4 nitrogen and oxygen atoms in total. The highest BCUT2D eigenvalue weighted by Crippen LogP contribution is 2.24. The second kappa shape index (κ2) is 6.24. The Morgan fingerprint density at radius 3 is 2.53 bits per heavy atom. The predicted molar refractivity (Wildman–Crippen MR) is 81.6 cm³/mol. The predicted octanol–water partition coefficient (Wildman–Crippen LogP) is 2.60. The summed E-state index contributed by atoms with van der Waals surface area (Å²) >= 11 is 4.96. The van der Waals surface area contributed by atoms with Gasteiger partial charge in [-0.15, -0.1) is 0 Å². The SMILES string of the molecule is Cc1nccnc1N(CCC(N)=S)c1ccccc1. The van der Waals surface area contributed by atoms with Crippen LogP contribution in [0.15, 0.2) is 42.7 Å². The summed E-state index contributed by atoms with van der Waals surface area (Å²) in [7, 11) is 0. The molecule has 1 aromatic carbocycles. The number of benzene rings is 1. The van der Waals surface area contributed by atoms with Gasteiger partial charge in [0.2, 0.25) is 0 Å². The quantitative estimate of drug-likeness (QED) is 0.848. The Bertz CT molecular complexity index is 556. The van der Waals surface area contributed by atoms with Crippen LogP contribution in [0.5, 0.6) is 0 Å². The molecular weight excluding hydrogens is 256 g/mol. The van der Waals surface area contributed by atoms with Crippen molar-refractivity contribution in [3.8, 4) is 0 Å². The fraction of sp³-hybridized carbons (Fsp3) is 0.214. The lowest BCUT2D eigenvalue weighted by Crippen LogP contribution is -2.24. The molecule has 0 amide bonds. The molecule has 0 fully saturated rings. The molecule has 2 aromatic rings. The van der Waals surface area contributed by atoms with E-state index in [4.69, 9.17) is 18.0 Å². The number of anilines is 2. The fourth-order valence-corrected chi connectivity index (χ4v) is 1.94. The first-order valence-corrected chi connectivity index (χ1v) is 6.48. The monoisotopic (exact) mass is 272 g/mol. The van der Waals surface area contributed by atoms with Gasteiger partial charge in [0.15, 0.2) is 5.82 Å². The largest absolute Gasteiger partial charge is 0.393 e. The molecule has 0 aliphatic carbocycles. The van der Waals surface area contributed by atoms with Gasteiger partial charge in [0.1, 0.15) is 0 Å². The minimum absolute atomic E-state index is 0.502. The molecule has 0 saturated carbocycles. The number of aromatic nitrogens is 2. The molecule has 0 saturated heterocycles. The lowest BCUT2D eigenvalue weighted by atomic mass is 10.2. The number of thiocarbonyl (C=S) groups is 1. The second-order valence-corrected chi connectivity index (χ2v) is 4.69. The first-order valence-electron chi connectivity index (χ1n) is 6.07. The molecule has 0 radical (unpaired) electrons. The number of rotatable bonds is 5. The molecule has 2 rings (SSSR count). The van der Waals surface area contributed by atoms with Gasteiger partial charge >= 0.3 is 0 Å². The van der Waals surface area contributed by atoms with Crippen LogP contribution in [0.4, 0.5) is 11.5 Å². The Morgan fingerprint density at radius 2 is 1.89 bits per heavy atom. The van der Waals surface area contributed by atoms with E-state index in [0.29, 0.717) is 18.0 Å². The van der Waals surface area contributed by atoms with Crippen LogP contribution >= 0.6 is 12.2 Å². The maximum absolute atomic E-state index is 5.60. The average Bonchev–Trinajstić information content (AvgIpc) is 2.42. The maximum atomic E-state index is 5.60. The summed E-state index contributed by atoms with van der Waals surface area (Å²) in [5.41, 5.74) is 7.55. The minimum Gasteiger partial charge on any atom is -0.393 e. The van der Waals surface area contributed by atoms with Crippen LogP contribution in [-0.2, 0) is 0 Å². The molecule has 0 aliphatic rings. The third-order valence-electron chi connectivity index (χ3n) is 2.76. The van der Waals surface area contributed by atoms with Crippen molar-refractivity contribution in [3.05, 3.63) is 48.4 Å². The number of hydrogen-bond donors (Lipinski definition) is 1. The van der Waals surface area contributed by atoms with E-state index in [-0.39, 0.29) is 0 Å². The smallest absolute Gasteiger partial charge is 0.154 e. The molecular formula is C14H16N4S. The zero-order valence-corrected chi connectivity index (χ0v) is 11.6. The van der Waals surface area contributed by atoms with Gasteiger partial charge in [-0.1, -0.05) is 30.4 Å². The van der Waals surface area contributed by atoms with Gasteiger partial charge < -0.3 is 10.6 Å². The Morgan fingerprint density at radius 1 is 1.21 bits per heavy atom. The van der Waals surface area contributed by atoms with Crippen molar-refractivity contribution in [3.63, 3.8) is 0 Å². The van der Waals surface area contributed by atoms with Gasteiger partial charge in [-0.25, -0.2) is 4.98 Å². The van der Waals surface area contributed by atoms with Gasteiger partial charge in [0.25, 0.3) is 0 Å². The van der Waals surface area contributed by atoms with Crippen molar-refractivity contribution >= 4 is 28.7 Å². The first kappa shape index (κ1) is 13.4. The van der Waals surface area contributed by atoms with Crippen molar-refractivity contribution in [1.29, 1.82) is 0 Å². The molecule has 5 heteroatoms. The van der Waals surface area contributed by atoms with E-state index < -0.39 is 0 Å². The van der Waals surface area contributed by atoms with Gasteiger partial charge in [0, 0.05) is 31.0 Å². The van der Waals surface area contributed by atoms with E-state index in [1.165, 1.54) is 0 Å². The van der Waals surface area contributed by atoms with E-state index in [1.807, 2.05) is 37.3 Å². The third kappa shape index (κ3) is 3.48. The summed E-state index contributed by atoms with van der Waals surface area (Å²) in [6.45, 7) is 2.64. The Hall–Kier alpha value is -2.01. The highest BCUT2D eigenvalue weighted by molar-refractivity contribution is 7.80. The molecule has 0 bridgehead atoms. The summed E-state index contributed by atoms with van der Waals surface area (Å²) in [5.74, 6) is 0.838. The summed E-state index contributed by atoms with van der Waals surface area (Å²) in [4.78, 5) is 11.3. The average molecular weight is 272 g/mol. The molecule has 1 aromatic heterocycles. The molecule has 19 heavy (non-hydrogen) atoms. The maximum Gasteiger partial charge on any atom is 0.154 e. The Labute approximate surface area is 118 Å². The van der Waals surface area contributed by atoms with E-state index in [0.717, 1.165) is 17.2 Å². The van der Waals surface area contributed by atoms with Gasteiger partial charge in [0.05, 0.1) is 10.7 Å². The molecule has 98 valence electrons. The molecule has 0 aliphatic heterocycles. The van der Waals surface area contributed by atoms with E-state index in [2.05, 4.69) is 14.9 Å². The van der Waals surface area contributed by atoms with Gasteiger partial charge in [-0.05, 0) is 19.1 Å². The number of nitrogens with zero attached hydrogens (tertiary/aromatic N) is 3. The van der Waals surface area contributed by atoms with Crippen LogP contribution in [0.25, 0.3) is 0 Å². The molecule has 0 unspecified atom stereocenters. The van der Waals surface area contributed by atoms with Crippen molar-refractivity contribution in [2.75, 3.05) is 11.4 Å². The van der Waals surface area contributed by atoms with E-state index in [1.54, 1.807) is 12.4 Å². The summed E-state index contributed by atoms with van der Waals surface area (Å²) in [6, 6.07) is 10.0. The van der Waals surface area contributed by atoms with Crippen molar-refractivity contribution in [1.82, 2.24) is 9.97 Å². The van der Waals surface area contributed by atoms with Crippen molar-refractivity contribution in [2.45, 2.75) is 13.3 Å². The van der Waals surface area contributed by atoms with Crippen LogP contribution in [0.2, 0.25) is 0 Å². The van der Waals surface area contributed by atoms with E-state index in [9.17, 15) is 0 Å². The number of aryl methyl sites for hydroxylation is 1. The van der Waals surface area contributed by atoms with Gasteiger partial charge in [-0.2, -0.15) is 0 Å². The topological polar surface area (TPSA) is 55.0 Å². The van der Waals surface area contributed by atoms with Crippen molar-refractivity contribution in [2.24, 2.45) is 5.73 Å². The summed E-state index contributed by atoms with van der Waals surface area (Å²) in [6.07, 6.45) is 4.02. The standard InChI is InChI=1S/C14H16N4S/c1-11-14(17-9-8-16-11)18(10-7-13(15)19)12-5-3-2-4-6-12/h2-6,8-9H,7,10H2,1H3,(H2,15,19). The van der Waals surface area contributed by atoms with Crippen LogP contribution in [0.3, 0.4) is 0 Å². The van der Waals surface area contributed by atoms with Crippen LogP contribution < -0.4 is 10.6 Å². The molecule has 0 spiro atoms. The zero-order valence-electron chi connectivity index (χ0n) is 10.8. The summed E-state index contributed by atoms with van der Waals surface area (Å²) in [5, 5.41) is 0. The number of hydrogen-bond acceptors (Lipinski definition) is 4. The van der Waals surface area contributed by atoms with E-state index >= 15 is 0 Å². The Balaban J connectivity index is 2.35. The highest BCUT2D eigenvalue weighted by Gasteiger charge is 2.13. The van der Waals surface area contributed by atoms with Crippen LogP contribution in [-0.4, -0.2) is 21.5 Å². The third-order valence-corrected chi connectivity index (χ3v) is 2.96. The fourth-order valence-electron chi connectivity index (χ4n) is 1.85. The minimum atomic E-state index is 0.502. The normalized spacial score (nSPS) is 10.2. The van der Waals surface area contributed by atoms with Crippen LogP contribution in [0, 0.1) is 6.92 Å².